The van der Waals surface area contributed by atoms with Crippen molar-refractivity contribution in [3.05, 3.63) is 29.3 Å². The fourth-order valence-corrected chi connectivity index (χ4v) is 3.40. The number of ether oxygens (including phenoxy) is 1. The first kappa shape index (κ1) is 13.9. The lowest BCUT2D eigenvalue weighted by molar-refractivity contribution is 0.0209. The molecule has 110 valence electrons. The van der Waals surface area contributed by atoms with Crippen LogP contribution in [0.15, 0.2) is 18.2 Å². The van der Waals surface area contributed by atoms with Crippen molar-refractivity contribution < 1.29 is 4.74 Å². The van der Waals surface area contributed by atoms with Crippen LogP contribution in [0, 0.1) is 6.92 Å². The summed E-state index contributed by atoms with van der Waals surface area (Å²) in [6, 6.07) is 7.30. The number of nitrogens with zero attached hydrogens (tertiary/aromatic N) is 2. The van der Waals surface area contributed by atoms with Gasteiger partial charge in [-0.25, -0.2) is 0 Å². The Morgan fingerprint density at radius 3 is 2.75 bits per heavy atom. The highest BCUT2D eigenvalue weighted by atomic mass is 16.5. The van der Waals surface area contributed by atoms with Crippen LogP contribution in [0.2, 0.25) is 0 Å². The number of anilines is 1. The third-order valence-corrected chi connectivity index (χ3v) is 4.56. The molecule has 4 nitrogen and oxygen atoms in total. The maximum absolute atomic E-state index is 5.71. The number of morpholine rings is 1. The molecule has 0 spiro atoms. The summed E-state index contributed by atoms with van der Waals surface area (Å²) in [6.45, 7) is 9.07. The van der Waals surface area contributed by atoms with E-state index in [9.17, 15) is 0 Å². The zero-order valence-electron chi connectivity index (χ0n) is 12.3. The number of benzene rings is 1. The van der Waals surface area contributed by atoms with Crippen LogP contribution >= 0.6 is 0 Å². The molecule has 2 aliphatic rings. The van der Waals surface area contributed by atoms with E-state index in [0.717, 1.165) is 39.4 Å². The van der Waals surface area contributed by atoms with Crippen LogP contribution in [0.3, 0.4) is 0 Å². The summed E-state index contributed by atoms with van der Waals surface area (Å²) in [5.41, 5.74) is 9.64. The van der Waals surface area contributed by atoms with Gasteiger partial charge in [0.2, 0.25) is 0 Å². The molecule has 20 heavy (non-hydrogen) atoms. The molecule has 2 aliphatic heterocycles. The van der Waals surface area contributed by atoms with Crippen LogP contribution < -0.4 is 10.6 Å². The molecular formula is C16H25N3O. The van der Waals surface area contributed by atoms with Gasteiger partial charge >= 0.3 is 0 Å². The van der Waals surface area contributed by atoms with Gasteiger partial charge in [-0.05, 0) is 30.5 Å². The Bertz CT molecular complexity index is 457. The predicted molar refractivity (Wildman–Crippen MR) is 82.1 cm³/mol. The van der Waals surface area contributed by atoms with Gasteiger partial charge in [0.25, 0.3) is 0 Å². The Morgan fingerprint density at radius 2 is 2.05 bits per heavy atom. The van der Waals surface area contributed by atoms with E-state index in [1.54, 1.807) is 0 Å². The van der Waals surface area contributed by atoms with E-state index < -0.39 is 0 Å². The molecule has 4 heteroatoms. The largest absolute Gasteiger partial charge is 0.379 e. The second-order valence-corrected chi connectivity index (χ2v) is 5.86. The minimum absolute atomic E-state index is 0.623. The Kier molecular flexibility index (Phi) is 4.24. The average molecular weight is 275 g/mol. The minimum atomic E-state index is 0.623. The fourth-order valence-electron chi connectivity index (χ4n) is 3.40. The highest BCUT2D eigenvalue weighted by Crippen LogP contribution is 2.27. The van der Waals surface area contributed by atoms with E-state index in [1.807, 2.05) is 0 Å². The average Bonchev–Trinajstić information content (AvgIpc) is 2.97. The molecule has 0 saturated carbocycles. The van der Waals surface area contributed by atoms with Gasteiger partial charge in [-0.15, -0.1) is 0 Å². The molecule has 0 amide bonds. The molecule has 3 rings (SSSR count). The van der Waals surface area contributed by atoms with Crippen molar-refractivity contribution >= 4 is 5.69 Å². The summed E-state index contributed by atoms with van der Waals surface area (Å²) in [4.78, 5) is 5.11. The van der Waals surface area contributed by atoms with Gasteiger partial charge in [-0.1, -0.05) is 12.1 Å². The van der Waals surface area contributed by atoms with Crippen molar-refractivity contribution in [2.45, 2.75) is 25.9 Å². The summed E-state index contributed by atoms with van der Waals surface area (Å²) in [7, 11) is 0. The molecule has 2 fully saturated rings. The van der Waals surface area contributed by atoms with Gasteiger partial charge < -0.3 is 15.4 Å². The van der Waals surface area contributed by atoms with E-state index in [4.69, 9.17) is 10.5 Å². The number of aryl methyl sites for hydroxylation is 1. The van der Waals surface area contributed by atoms with E-state index in [-0.39, 0.29) is 0 Å². The van der Waals surface area contributed by atoms with E-state index in [0.29, 0.717) is 12.6 Å². The van der Waals surface area contributed by atoms with Gasteiger partial charge in [-0.2, -0.15) is 0 Å². The quantitative estimate of drug-likeness (QED) is 0.904. The highest BCUT2D eigenvalue weighted by molar-refractivity contribution is 5.55. The molecule has 1 atom stereocenters. The Balaban J connectivity index is 1.67. The zero-order valence-corrected chi connectivity index (χ0v) is 12.3. The highest BCUT2D eigenvalue weighted by Gasteiger charge is 2.29. The minimum Gasteiger partial charge on any atom is -0.379 e. The number of hydrogen-bond acceptors (Lipinski definition) is 4. The molecule has 0 bridgehead atoms. The van der Waals surface area contributed by atoms with Gasteiger partial charge in [0.05, 0.1) is 13.2 Å². The lowest BCUT2D eigenvalue weighted by Crippen LogP contribution is -2.44. The van der Waals surface area contributed by atoms with Crippen molar-refractivity contribution in [3.63, 3.8) is 0 Å². The van der Waals surface area contributed by atoms with Crippen molar-refractivity contribution in [1.82, 2.24) is 4.90 Å². The lowest BCUT2D eigenvalue weighted by Gasteiger charge is -2.32. The van der Waals surface area contributed by atoms with Crippen LogP contribution in [0.5, 0.6) is 0 Å². The van der Waals surface area contributed by atoms with Crippen LogP contribution in [0.25, 0.3) is 0 Å². The number of rotatable bonds is 3. The van der Waals surface area contributed by atoms with Crippen molar-refractivity contribution in [1.29, 1.82) is 0 Å². The molecule has 2 saturated heterocycles. The smallest absolute Gasteiger partial charge is 0.0594 e. The van der Waals surface area contributed by atoms with E-state index in [2.05, 4.69) is 34.9 Å². The third kappa shape index (κ3) is 2.82. The second-order valence-electron chi connectivity index (χ2n) is 5.86. The molecule has 0 aromatic heterocycles. The van der Waals surface area contributed by atoms with Crippen LogP contribution in [-0.2, 0) is 11.3 Å². The third-order valence-electron chi connectivity index (χ3n) is 4.56. The van der Waals surface area contributed by atoms with Crippen molar-refractivity contribution in [2.24, 2.45) is 5.73 Å². The maximum Gasteiger partial charge on any atom is 0.0594 e. The first-order valence-electron chi connectivity index (χ1n) is 7.64. The Hall–Kier alpha value is -1.10. The van der Waals surface area contributed by atoms with E-state index >= 15 is 0 Å². The monoisotopic (exact) mass is 275 g/mol. The number of nitrogens with two attached hydrogens (primary N) is 1. The fraction of sp³-hybridized carbons (Fsp3) is 0.625. The molecule has 1 aromatic rings. The Labute approximate surface area is 121 Å². The first-order chi connectivity index (χ1) is 9.78. The molecular weight excluding hydrogens is 250 g/mol. The molecule has 1 unspecified atom stereocenters. The summed E-state index contributed by atoms with van der Waals surface area (Å²) >= 11 is 0. The van der Waals surface area contributed by atoms with Crippen LogP contribution in [-0.4, -0.2) is 50.3 Å². The summed E-state index contributed by atoms with van der Waals surface area (Å²) in [5.74, 6) is 0. The second kappa shape index (κ2) is 6.12. The summed E-state index contributed by atoms with van der Waals surface area (Å²) in [6.07, 6.45) is 1.26. The molecule has 0 aliphatic carbocycles. The van der Waals surface area contributed by atoms with Crippen molar-refractivity contribution in [3.8, 4) is 0 Å². The lowest BCUT2D eigenvalue weighted by atomic mass is 10.1. The summed E-state index contributed by atoms with van der Waals surface area (Å²) < 4.78 is 5.45. The van der Waals surface area contributed by atoms with Gasteiger partial charge in [-0.3, -0.25) is 4.90 Å². The topological polar surface area (TPSA) is 41.7 Å². The van der Waals surface area contributed by atoms with Crippen LogP contribution in [0.4, 0.5) is 5.69 Å². The van der Waals surface area contributed by atoms with Gasteiger partial charge in [0.15, 0.2) is 0 Å². The van der Waals surface area contributed by atoms with Crippen molar-refractivity contribution in [2.75, 3.05) is 44.3 Å². The first-order valence-corrected chi connectivity index (χ1v) is 7.64. The standard InChI is InChI=1S/C16H25N3O/c1-13-10-14(11-17)2-3-16(13)19-5-4-15(12-19)18-6-8-20-9-7-18/h2-3,10,15H,4-9,11-12,17H2,1H3. The summed E-state index contributed by atoms with van der Waals surface area (Å²) in [5, 5.41) is 0. The van der Waals surface area contributed by atoms with Crippen LogP contribution in [0.1, 0.15) is 17.5 Å². The molecule has 2 heterocycles. The van der Waals surface area contributed by atoms with E-state index in [1.165, 1.54) is 23.2 Å². The molecule has 0 radical (unpaired) electrons. The van der Waals surface area contributed by atoms with Gasteiger partial charge in [0, 0.05) is 44.5 Å². The molecule has 2 N–H and O–H groups in total. The SMILES string of the molecule is Cc1cc(CN)ccc1N1CCC(N2CCOCC2)C1. The zero-order chi connectivity index (χ0) is 13.9. The number of hydrogen-bond donors (Lipinski definition) is 1. The predicted octanol–water partition coefficient (Wildman–Crippen LogP) is 1.36. The maximum atomic E-state index is 5.71. The Morgan fingerprint density at radius 1 is 1.25 bits per heavy atom. The van der Waals surface area contributed by atoms with Gasteiger partial charge in [0.1, 0.15) is 0 Å². The normalized spacial score (nSPS) is 24.3. The molecule has 1 aromatic carbocycles.